The van der Waals surface area contributed by atoms with Crippen LogP contribution in [0.4, 0.5) is 17.1 Å². The van der Waals surface area contributed by atoms with Gasteiger partial charge in [0.25, 0.3) is 0 Å². The predicted molar refractivity (Wildman–Crippen MR) is 215 cm³/mol. The van der Waals surface area contributed by atoms with E-state index in [1.165, 1.54) is 54.1 Å². The summed E-state index contributed by atoms with van der Waals surface area (Å²) in [7, 11) is -2.67. The normalized spacial score (nSPS) is 13.0. The van der Waals surface area contributed by atoms with Crippen molar-refractivity contribution in [2.24, 2.45) is 0 Å². The zero-order chi connectivity index (χ0) is 33.8. The zero-order valence-electron chi connectivity index (χ0n) is 27.9. The minimum atomic E-state index is -2.67. The largest absolute Gasteiger partial charge is 0.458 e. The number of benzene rings is 8. The van der Waals surface area contributed by atoms with Gasteiger partial charge in [0.15, 0.2) is 8.07 Å². The molecule has 0 amide bonds. The topological polar surface area (TPSA) is 12.5 Å². The zero-order valence-corrected chi connectivity index (χ0v) is 28.9. The summed E-state index contributed by atoms with van der Waals surface area (Å²) in [5.74, 6) is 1.93. The summed E-state index contributed by atoms with van der Waals surface area (Å²) in [6.45, 7) is 0. The van der Waals surface area contributed by atoms with E-state index in [0.717, 1.165) is 28.6 Å². The Morgan fingerprint density at radius 2 is 0.804 bits per heavy atom. The van der Waals surface area contributed by atoms with Crippen molar-refractivity contribution in [3.8, 4) is 44.9 Å². The van der Waals surface area contributed by atoms with E-state index >= 15 is 0 Å². The Morgan fingerprint density at radius 1 is 0.314 bits per heavy atom. The maximum Gasteiger partial charge on any atom is 0.189 e. The molecule has 10 rings (SSSR count). The Bertz CT molecular complexity index is 2460. The van der Waals surface area contributed by atoms with Gasteiger partial charge in [-0.15, -0.1) is 0 Å². The van der Waals surface area contributed by atoms with Crippen molar-refractivity contribution in [3.63, 3.8) is 0 Å². The van der Waals surface area contributed by atoms with E-state index in [4.69, 9.17) is 4.74 Å². The van der Waals surface area contributed by atoms with Crippen molar-refractivity contribution in [2.45, 2.75) is 0 Å². The lowest BCUT2D eigenvalue weighted by Gasteiger charge is -2.37. The molecule has 240 valence electrons. The van der Waals surface area contributed by atoms with Crippen LogP contribution in [0.2, 0.25) is 0 Å². The summed E-state index contributed by atoms with van der Waals surface area (Å²) in [5, 5.41) is 5.45. The first-order valence-corrected chi connectivity index (χ1v) is 19.5. The maximum atomic E-state index is 6.59. The van der Waals surface area contributed by atoms with E-state index in [2.05, 4.69) is 205 Å². The van der Waals surface area contributed by atoms with Gasteiger partial charge in [0.2, 0.25) is 0 Å². The number of hydrogen-bond donors (Lipinski definition) is 0. The number of fused-ring (bicyclic) bond motifs is 9. The number of para-hydroxylation sites is 3. The van der Waals surface area contributed by atoms with Crippen LogP contribution in [-0.2, 0) is 0 Å². The Labute approximate surface area is 299 Å². The van der Waals surface area contributed by atoms with E-state index in [0.29, 0.717) is 0 Å². The summed E-state index contributed by atoms with van der Waals surface area (Å²) >= 11 is 0. The third kappa shape index (κ3) is 4.63. The molecule has 8 aromatic rings. The molecule has 0 unspecified atom stereocenters. The molecule has 2 heterocycles. The first-order valence-electron chi connectivity index (χ1n) is 17.5. The molecule has 2 aliphatic rings. The minimum absolute atomic E-state index is 0.965. The molecule has 0 fully saturated rings. The molecule has 0 bridgehead atoms. The quantitative estimate of drug-likeness (QED) is 0.170. The first kappa shape index (κ1) is 29.5. The van der Waals surface area contributed by atoms with Gasteiger partial charge in [-0.25, -0.2) is 0 Å². The fourth-order valence-electron chi connectivity index (χ4n) is 8.35. The Kier molecular flexibility index (Phi) is 6.86. The van der Waals surface area contributed by atoms with Crippen molar-refractivity contribution in [3.05, 3.63) is 200 Å². The van der Waals surface area contributed by atoms with Crippen LogP contribution in [0.25, 0.3) is 33.4 Å². The van der Waals surface area contributed by atoms with E-state index in [-0.39, 0.29) is 0 Å². The number of nitrogens with zero attached hydrogens (tertiary/aromatic N) is 1. The molecular weight excluding hydrogens is 635 g/mol. The van der Waals surface area contributed by atoms with Crippen LogP contribution >= 0.6 is 0 Å². The van der Waals surface area contributed by atoms with Gasteiger partial charge in [0, 0.05) is 17.1 Å². The molecule has 51 heavy (non-hydrogen) atoms. The molecular formula is C48H33NOSi. The van der Waals surface area contributed by atoms with Gasteiger partial charge >= 0.3 is 0 Å². The van der Waals surface area contributed by atoms with Gasteiger partial charge in [0.05, 0.1) is 0 Å². The third-order valence-electron chi connectivity index (χ3n) is 10.5. The molecule has 1 spiro atoms. The second-order valence-electron chi connectivity index (χ2n) is 13.3. The van der Waals surface area contributed by atoms with Gasteiger partial charge in [-0.3, -0.25) is 0 Å². The van der Waals surface area contributed by atoms with Crippen LogP contribution < -0.4 is 30.4 Å². The molecule has 8 aromatic carbocycles. The van der Waals surface area contributed by atoms with Crippen LogP contribution in [0.15, 0.2) is 200 Å². The lowest BCUT2D eigenvalue weighted by atomic mass is 9.97. The number of hydrogen-bond acceptors (Lipinski definition) is 2. The van der Waals surface area contributed by atoms with Crippen molar-refractivity contribution in [1.82, 2.24) is 0 Å². The first-order chi connectivity index (χ1) is 25.3. The van der Waals surface area contributed by atoms with Crippen molar-refractivity contribution >= 4 is 45.9 Å². The van der Waals surface area contributed by atoms with Gasteiger partial charge < -0.3 is 9.64 Å². The molecule has 0 aliphatic carbocycles. The molecule has 0 saturated carbocycles. The lowest BCUT2D eigenvalue weighted by Crippen LogP contribution is -2.74. The highest BCUT2D eigenvalue weighted by Gasteiger charge is 2.53. The van der Waals surface area contributed by atoms with E-state index in [9.17, 15) is 0 Å². The number of ether oxygens (including phenoxy) is 1. The molecule has 0 radical (unpaired) electrons. The van der Waals surface area contributed by atoms with Crippen molar-refractivity contribution < 1.29 is 4.74 Å². The minimum Gasteiger partial charge on any atom is -0.458 e. The number of anilines is 3. The van der Waals surface area contributed by atoms with Crippen LogP contribution in [0, 0.1) is 0 Å². The highest BCUT2D eigenvalue weighted by molar-refractivity contribution is 7.23. The summed E-state index contributed by atoms with van der Waals surface area (Å²) in [5.41, 5.74) is 10.7. The van der Waals surface area contributed by atoms with Crippen LogP contribution in [0.1, 0.15) is 0 Å². The highest BCUT2D eigenvalue weighted by Crippen LogP contribution is 2.42. The summed E-state index contributed by atoms with van der Waals surface area (Å²) < 4.78 is 6.59. The third-order valence-corrected chi connectivity index (χ3v) is 15.4. The summed E-state index contributed by atoms with van der Waals surface area (Å²) in [4.78, 5) is 2.42. The monoisotopic (exact) mass is 667 g/mol. The predicted octanol–water partition coefficient (Wildman–Crippen LogP) is 9.95. The standard InChI is InChI=1S/C48H33NOSi/c1-4-16-34(17-5-1)36-30-37(35-18-6-2-7-19-35)32-40(31-36)49(38-20-8-3-9-21-38)39-28-29-46-42(33-39)41-22-10-13-25-45(41)51(46)47-26-14-11-23-43(47)50-44-24-12-15-27-48(44)51/h1-33H. The molecule has 0 atom stereocenters. The Hall–Kier alpha value is -6.42. The van der Waals surface area contributed by atoms with Gasteiger partial charge in [-0.1, -0.05) is 146 Å². The van der Waals surface area contributed by atoms with Gasteiger partial charge in [-0.2, -0.15) is 0 Å². The van der Waals surface area contributed by atoms with E-state index in [1.807, 2.05) is 0 Å². The average molecular weight is 668 g/mol. The molecule has 2 nitrogen and oxygen atoms in total. The molecule has 0 aromatic heterocycles. The summed E-state index contributed by atoms with van der Waals surface area (Å²) in [6, 6.07) is 72.8. The van der Waals surface area contributed by atoms with Crippen LogP contribution in [0.3, 0.4) is 0 Å². The maximum absolute atomic E-state index is 6.59. The van der Waals surface area contributed by atoms with E-state index < -0.39 is 8.07 Å². The Morgan fingerprint density at radius 3 is 1.41 bits per heavy atom. The van der Waals surface area contributed by atoms with Crippen LogP contribution in [0.5, 0.6) is 11.5 Å². The second-order valence-corrected chi connectivity index (χ2v) is 16.9. The number of rotatable bonds is 5. The SMILES string of the molecule is c1ccc(-c2cc(-c3ccccc3)cc(N(c3ccccc3)c3ccc4c(c3)-c3ccccc3[Si]43c4ccccc4Oc4ccccc43)c2)cc1. The smallest absolute Gasteiger partial charge is 0.189 e. The average Bonchev–Trinajstić information content (AvgIpc) is 3.49. The second kappa shape index (κ2) is 11.9. The Balaban J connectivity index is 1.23. The lowest BCUT2D eigenvalue weighted by molar-refractivity contribution is 0.487. The molecule has 0 N–H and O–H groups in total. The molecule has 2 aliphatic heterocycles. The van der Waals surface area contributed by atoms with Crippen molar-refractivity contribution in [2.75, 3.05) is 4.90 Å². The fourth-order valence-corrected chi connectivity index (χ4v) is 13.7. The van der Waals surface area contributed by atoms with Crippen molar-refractivity contribution in [1.29, 1.82) is 0 Å². The van der Waals surface area contributed by atoms with Crippen LogP contribution in [-0.4, -0.2) is 8.07 Å². The fraction of sp³-hybridized carbons (Fsp3) is 0. The van der Waals surface area contributed by atoms with Gasteiger partial charge in [0.1, 0.15) is 11.5 Å². The molecule has 0 saturated heterocycles. The molecule has 3 heteroatoms. The summed E-state index contributed by atoms with van der Waals surface area (Å²) in [6.07, 6.45) is 0. The highest BCUT2D eigenvalue weighted by atomic mass is 28.3. The van der Waals surface area contributed by atoms with E-state index in [1.54, 1.807) is 0 Å². The van der Waals surface area contributed by atoms with Gasteiger partial charge in [-0.05, 0) is 109 Å².